The van der Waals surface area contributed by atoms with Gasteiger partial charge in [0.05, 0.1) is 5.39 Å². The number of rotatable bonds is 4. The van der Waals surface area contributed by atoms with E-state index in [1.165, 1.54) is 4.88 Å². The number of carbonyl (C=O) groups is 1. The van der Waals surface area contributed by atoms with E-state index < -0.39 is 6.04 Å². The Labute approximate surface area is 190 Å². The molecule has 0 fully saturated rings. The standard InChI is InChI=1S/C26H25N3O2S/c1-16-10-6-8-14-20(16)27-24(30)17(2)29-23(18-11-4-3-5-12-18)28-25-22(26(29)31)19-13-7-9-15-21(19)32-25/h3-6,8,10-12,14,17H,7,9,13,15H2,1-2H3,(H,27,30). The fourth-order valence-corrected chi connectivity index (χ4v) is 5.69. The predicted octanol–water partition coefficient (Wildman–Crippen LogP) is 5.51. The molecule has 5 nitrogen and oxygen atoms in total. The van der Waals surface area contributed by atoms with Gasteiger partial charge in [0.15, 0.2) is 0 Å². The van der Waals surface area contributed by atoms with Gasteiger partial charge in [-0.1, -0.05) is 48.5 Å². The fraction of sp³-hybridized carbons (Fsp3) is 0.269. The first kappa shape index (κ1) is 20.6. The Kier molecular flexibility index (Phi) is 5.39. The largest absolute Gasteiger partial charge is 0.324 e. The zero-order chi connectivity index (χ0) is 22.2. The maximum absolute atomic E-state index is 13.9. The number of hydrogen-bond donors (Lipinski definition) is 1. The summed E-state index contributed by atoms with van der Waals surface area (Å²) in [5.74, 6) is 0.304. The number of para-hydroxylation sites is 1. The van der Waals surface area contributed by atoms with Crippen molar-refractivity contribution in [3.8, 4) is 11.4 Å². The summed E-state index contributed by atoms with van der Waals surface area (Å²) in [6.45, 7) is 3.72. The number of hydrogen-bond acceptors (Lipinski definition) is 4. The van der Waals surface area contributed by atoms with Crippen LogP contribution in [-0.4, -0.2) is 15.5 Å². The molecule has 1 atom stereocenters. The normalized spacial score (nSPS) is 14.2. The third-order valence-corrected chi connectivity index (χ3v) is 7.41. The van der Waals surface area contributed by atoms with Crippen LogP contribution >= 0.6 is 11.3 Å². The molecule has 4 aromatic rings. The molecule has 0 saturated carbocycles. The van der Waals surface area contributed by atoms with Gasteiger partial charge in [0.1, 0.15) is 16.7 Å². The highest BCUT2D eigenvalue weighted by Crippen LogP contribution is 2.35. The van der Waals surface area contributed by atoms with Crippen LogP contribution in [0.25, 0.3) is 21.6 Å². The first-order valence-electron chi connectivity index (χ1n) is 11.0. The van der Waals surface area contributed by atoms with Crippen molar-refractivity contribution < 1.29 is 4.79 Å². The van der Waals surface area contributed by atoms with Crippen molar-refractivity contribution in [1.82, 2.24) is 9.55 Å². The van der Waals surface area contributed by atoms with E-state index in [4.69, 9.17) is 4.98 Å². The monoisotopic (exact) mass is 443 g/mol. The molecule has 32 heavy (non-hydrogen) atoms. The maximum atomic E-state index is 13.9. The Bertz CT molecular complexity index is 1370. The van der Waals surface area contributed by atoms with Crippen LogP contribution in [-0.2, 0) is 17.6 Å². The summed E-state index contributed by atoms with van der Waals surface area (Å²) in [5.41, 5.74) is 3.56. The lowest BCUT2D eigenvalue weighted by Crippen LogP contribution is -2.33. The molecule has 2 aromatic heterocycles. The minimum atomic E-state index is -0.714. The zero-order valence-corrected chi connectivity index (χ0v) is 19.0. The summed E-state index contributed by atoms with van der Waals surface area (Å²) in [6, 6.07) is 16.6. The van der Waals surface area contributed by atoms with Crippen molar-refractivity contribution in [3.63, 3.8) is 0 Å². The first-order chi connectivity index (χ1) is 15.5. The quantitative estimate of drug-likeness (QED) is 0.452. The molecule has 1 amide bonds. The van der Waals surface area contributed by atoms with Crippen LogP contribution in [0.4, 0.5) is 5.69 Å². The molecule has 6 heteroatoms. The van der Waals surface area contributed by atoms with Crippen molar-refractivity contribution in [3.05, 3.63) is 81.0 Å². The lowest BCUT2D eigenvalue weighted by atomic mass is 9.97. The molecule has 5 rings (SSSR count). The highest BCUT2D eigenvalue weighted by atomic mass is 32.1. The smallest absolute Gasteiger partial charge is 0.263 e. The number of thiophene rings is 1. The molecule has 0 saturated heterocycles. The Morgan fingerprint density at radius 3 is 2.56 bits per heavy atom. The van der Waals surface area contributed by atoms with Crippen molar-refractivity contribution in [2.24, 2.45) is 0 Å². The number of amides is 1. The van der Waals surface area contributed by atoms with Crippen LogP contribution in [0, 0.1) is 6.92 Å². The Hall–Kier alpha value is -3.25. The van der Waals surface area contributed by atoms with Crippen LogP contribution < -0.4 is 10.9 Å². The van der Waals surface area contributed by atoms with Gasteiger partial charge in [-0.25, -0.2) is 4.98 Å². The topological polar surface area (TPSA) is 64.0 Å². The summed E-state index contributed by atoms with van der Waals surface area (Å²) in [5, 5.41) is 3.69. The van der Waals surface area contributed by atoms with E-state index in [2.05, 4.69) is 5.32 Å². The lowest BCUT2D eigenvalue weighted by molar-refractivity contribution is -0.118. The minimum absolute atomic E-state index is 0.124. The Morgan fingerprint density at radius 2 is 1.78 bits per heavy atom. The van der Waals surface area contributed by atoms with E-state index in [0.717, 1.165) is 52.9 Å². The Morgan fingerprint density at radius 1 is 1.06 bits per heavy atom. The molecule has 0 spiro atoms. The molecule has 0 radical (unpaired) electrons. The van der Waals surface area contributed by atoms with Gasteiger partial charge in [0.2, 0.25) is 5.91 Å². The van der Waals surface area contributed by atoms with Crippen molar-refractivity contribution in [1.29, 1.82) is 0 Å². The van der Waals surface area contributed by atoms with E-state index in [1.54, 1.807) is 22.8 Å². The van der Waals surface area contributed by atoms with Crippen LogP contribution in [0.1, 0.15) is 41.8 Å². The zero-order valence-electron chi connectivity index (χ0n) is 18.2. The van der Waals surface area contributed by atoms with E-state index in [0.29, 0.717) is 11.2 Å². The van der Waals surface area contributed by atoms with Gasteiger partial charge >= 0.3 is 0 Å². The van der Waals surface area contributed by atoms with Crippen LogP contribution in [0.5, 0.6) is 0 Å². The van der Waals surface area contributed by atoms with E-state index in [9.17, 15) is 9.59 Å². The first-order valence-corrected chi connectivity index (χ1v) is 11.8. The van der Waals surface area contributed by atoms with Gasteiger partial charge in [-0.15, -0.1) is 11.3 Å². The summed E-state index contributed by atoms with van der Waals surface area (Å²) in [6.07, 6.45) is 4.14. The molecule has 0 bridgehead atoms. The van der Waals surface area contributed by atoms with E-state index >= 15 is 0 Å². The second kappa shape index (κ2) is 8.36. The number of fused-ring (bicyclic) bond motifs is 3. The average Bonchev–Trinajstić information content (AvgIpc) is 3.19. The number of benzene rings is 2. The lowest BCUT2D eigenvalue weighted by Gasteiger charge is -2.20. The van der Waals surface area contributed by atoms with E-state index in [-0.39, 0.29) is 11.5 Å². The highest BCUT2D eigenvalue weighted by Gasteiger charge is 2.27. The number of nitrogens with zero attached hydrogens (tertiary/aromatic N) is 2. The second-order valence-corrected chi connectivity index (χ2v) is 9.43. The highest BCUT2D eigenvalue weighted by molar-refractivity contribution is 7.18. The molecule has 2 aromatic carbocycles. The third kappa shape index (κ3) is 3.54. The number of anilines is 1. The second-order valence-electron chi connectivity index (χ2n) is 8.35. The van der Waals surface area contributed by atoms with Gasteiger partial charge < -0.3 is 5.32 Å². The van der Waals surface area contributed by atoms with Crippen molar-refractivity contribution in [2.45, 2.75) is 45.6 Å². The number of aryl methyl sites for hydroxylation is 3. The minimum Gasteiger partial charge on any atom is -0.324 e. The molecule has 1 unspecified atom stereocenters. The molecule has 1 aliphatic rings. The van der Waals surface area contributed by atoms with E-state index in [1.807, 2.05) is 61.5 Å². The van der Waals surface area contributed by atoms with Gasteiger partial charge in [0, 0.05) is 16.1 Å². The van der Waals surface area contributed by atoms with Crippen molar-refractivity contribution in [2.75, 3.05) is 5.32 Å². The van der Waals surface area contributed by atoms with Gasteiger partial charge in [-0.2, -0.15) is 0 Å². The number of aromatic nitrogens is 2. The maximum Gasteiger partial charge on any atom is 0.263 e. The van der Waals surface area contributed by atoms with Gasteiger partial charge in [-0.05, 0) is 56.7 Å². The summed E-state index contributed by atoms with van der Waals surface area (Å²) in [7, 11) is 0. The molecule has 1 aliphatic carbocycles. The van der Waals surface area contributed by atoms with Crippen LogP contribution in [0.3, 0.4) is 0 Å². The molecular formula is C26H25N3O2S. The number of carbonyl (C=O) groups excluding carboxylic acids is 1. The SMILES string of the molecule is Cc1ccccc1NC(=O)C(C)n1c(-c2ccccc2)nc2sc3c(c2c1=O)CCCC3. The van der Waals surface area contributed by atoms with Crippen molar-refractivity contribution >= 4 is 33.1 Å². The molecule has 0 aliphatic heterocycles. The molecule has 1 N–H and O–H groups in total. The molecular weight excluding hydrogens is 418 g/mol. The fourth-order valence-electron chi connectivity index (χ4n) is 4.44. The van der Waals surface area contributed by atoms with Crippen LogP contribution in [0.15, 0.2) is 59.4 Å². The third-order valence-electron chi connectivity index (χ3n) is 6.22. The number of nitrogens with one attached hydrogen (secondary N) is 1. The molecule has 2 heterocycles. The average molecular weight is 444 g/mol. The Balaban J connectivity index is 1.67. The van der Waals surface area contributed by atoms with Crippen LogP contribution in [0.2, 0.25) is 0 Å². The summed E-state index contributed by atoms with van der Waals surface area (Å²) in [4.78, 5) is 34.1. The predicted molar refractivity (Wildman–Crippen MR) is 130 cm³/mol. The summed E-state index contributed by atoms with van der Waals surface area (Å²) < 4.78 is 1.58. The van der Waals surface area contributed by atoms with Gasteiger partial charge in [0.25, 0.3) is 5.56 Å². The summed E-state index contributed by atoms with van der Waals surface area (Å²) >= 11 is 1.63. The molecule has 162 valence electrons. The van der Waals surface area contributed by atoms with Gasteiger partial charge in [-0.3, -0.25) is 14.2 Å².